The number of allylic oxidation sites excluding steroid dienone is 10. The number of rotatable bonds is 20. The van der Waals surface area contributed by atoms with Gasteiger partial charge in [-0.15, -0.1) is 0 Å². The quantitative estimate of drug-likeness (QED) is 0.0476. The molecule has 0 aromatic rings. The topological polar surface area (TPSA) is 158 Å². The molecule has 0 aromatic heterocycles. The van der Waals surface area contributed by atoms with E-state index in [0.29, 0.717) is 44.4 Å². The number of aliphatic hydroxyl groups excluding tert-OH is 3. The number of ketones is 2. The van der Waals surface area contributed by atoms with E-state index in [9.17, 15) is 39.6 Å². The first-order valence-electron chi connectivity index (χ1n) is 17.1. The van der Waals surface area contributed by atoms with Crippen LogP contribution in [0.3, 0.4) is 0 Å². The summed E-state index contributed by atoms with van der Waals surface area (Å²) < 4.78 is 6.11. The molecule has 0 bridgehead atoms. The number of hydrogen-bond donors (Lipinski definition) is 4. The van der Waals surface area contributed by atoms with Gasteiger partial charge in [-0.05, 0) is 63.9 Å². The smallest absolute Gasteiger partial charge is 0.331 e. The highest BCUT2D eigenvalue weighted by atomic mass is 79.9. The predicted octanol–water partition coefficient (Wildman–Crippen LogP) is 6.48. The van der Waals surface area contributed by atoms with Crippen LogP contribution in [0.2, 0.25) is 0 Å². The molecular formula is C38H53BrO9. The molecule has 0 aliphatic heterocycles. The second-order valence-electron chi connectivity index (χ2n) is 12.9. The molecule has 48 heavy (non-hydrogen) atoms. The second-order valence-corrected chi connectivity index (χ2v) is 13.8. The number of esters is 1. The Morgan fingerprint density at radius 3 is 2.17 bits per heavy atom. The monoisotopic (exact) mass is 732 g/mol. The SMILES string of the molecule is CC/C=C/C(=O)CC(O)CC(=O)C(CC1CC1)C(O)C(CC)/C(Br)=C/C=C/C=C(C)/C=C/C=C/C(=O)OC1CCC(C(=O)O)CCC1O. The van der Waals surface area contributed by atoms with Crippen molar-refractivity contribution >= 4 is 39.4 Å². The van der Waals surface area contributed by atoms with Gasteiger partial charge in [-0.1, -0.05) is 96.8 Å². The average Bonchev–Trinajstić information content (AvgIpc) is 3.88. The lowest BCUT2D eigenvalue weighted by Gasteiger charge is -2.29. The number of Topliss-reactive ketones (excluding diaryl/α,β-unsaturated/α-hetero) is 1. The predicted molar refractivity (Wildman–Crippen MR) is 189 cm³/mol. The first-order chi connectivity index (χ1) is 22.9. The number of aliphatic carboxylic acids is 1. The van der Waals surface area contributed by atoms with Crippen molar-refractivity contribution in [3.8, 4) is 0 Å². The first-order valence-corrected chi connectivity index (χ1v) is 17.9. The van der Waals surface area contributed by atoms with Crippen LogP contribution in [-0.4, -0.2) is 68.3 Å². The highest BCUT2D eigenvalue weighted by Gasteiger charge is 2.38. The van der Waals surface area contributed by atoms with Gasteiger partial charge in [-0.3, -0.25) is 14.4 Å². The van der Waals surface area contributed by atoms with Crippen LogP contribution in [0.5, 0.6) is 0 Å². The minimum absolute atomic E-state index is 0.117. The molecule has 9 nitrogen and oxygen atoms in total. The Balaban J connectivity index is 1.93. The lowest BCUT2D eigenvalue weighted by atomic mass is 9.81. The van der Waals surface area contributed by atoms with E-state index in [-0.39, 0.29) is 36.7 Å². The maximum absolute atomic E-state index is 13.3. The van der Waals surface area contributed by atoms with E-state index in [4.69, 9.17) is 4.74 Å². The highest BCUT2D eigenvalue weighted by molar-refractivity contribution is 9.11. The third-order valence-electron chi connectivity index (χ3n) is 8.81. The van der Waals surface area contributed by atoms with Crippen molar-refractivity contribution in [3.63, 3.8) is 0 Å². The van der Waals surface area contributed by atoms with Crippen molar-refractivity contribution in [2.75, 3.05) is 0 Å². The normalized spacial score (nSPS) is 23.8. The summed E-state index contributed by atoms with van der Waals surface area (Å²) in [5.41, 5.74) is 0.900. The average molecular weight is 734 g/mol. The Bertz CT molecular complexity index is 1260. The third-order valence-corrected chi connectivity index (χ3v) is 9.67. The maximum Gasteiger partial charge on any atom is 0.331 e. The fourth-order valence-corrected chi connectivity index (χ4v) is 6.51. The van der Waals surface area contributed by atoms with E-state index in [1.165, 1.54) is 18.2 Å². The Morgan fingerprint density at radius 1 is 0.854 bits per heavy atom. The van der Waals surface area contributed by atoms with E-state index in [1.54, 1.807) is 18.2 Å². The lowest BCUT2D eigenvalue weighted by molar-refractivity contribution is -0.149. The number of aliphatic hydroxyl groups is 3. The zero-order valence-electron chi connectivity index (χ0n) is 28.4. The van der Waals surface area contributed by atoms with Crippen LogP contribution in [0.15, 0.2) is 70.8 Å². The van der Waals surface area contributed by atoms with Crippen LogP contribution >= 0.6 is 15.9 Å². The van der Waals surface area contributed by atoms with Crippen LogP contribution in [0.4, 0.5) is 0 Å². The van der Waals surface area contributed by atoms with Crippen LogP contribution in [0.25, 0.3) is 0 Å². The van der Waals surface area contributed by atoms with E-state index < -0.39 is 48.2 Å². The summed E-state index contributed by atoms with van der Waals surface area (Å²) in [6.07, 6.45) is 18.1. The van der Waals surface area contributed by atoms with Gasteiger partial charge < -0.3 is 25.2 Å². The van der Waals surface area contributed by atoms with Gasteiger partial charge in [0.15, 0.2) is 5.78 Å². The summed E-state index contributed by atoms with van der Waals surface area (Å²) in [6, 6.07) is 0. The van der Waals surface area contributed by atoms with Crippen molar-refractivity contribution in [2.24, 2.45) is 23.7 Å². The van der Waals surface area contributed by atoms with Gasteiger partial charge in [0.2, 0.25) is 0 Å². The van der Waals surface area contributed by atoms with Gasteiger partial charge in [0.05, 0.1) is 24.2 Å². The van der Waals surface area contributed by atoms with Gasteiger partial charge in [-0.2, -0.15) is 0 Å². The molecular weight excluding hydrogens is 680 g/mol. The zero-order valence-corrected chi connectivity index (χ0v) is 30.0. The summed E-state index contributed by atoms with van der Waals surface area (Å²) in [7, 11) is 0. The van der Waals surface area contributed by atoms with Gasteiger partial charge in [0, 0.05) is 35.2 Å². The van der Waals surface area contributed by atoms with Crippen LogP contribution in [0.1, 0.15) is 91.4 Å². The third kappa shape index (κ3) is 15.5. The molecule has 0 aromatic carbocycles. The zero-order chi connectivity index (χ0) is 35.6. The second kappa shape index (κ2) is 21.9. The molecule has 2 aliphatic rings. The fourth-order valence-electron chi connectivity index (χ4n) is 5.77. The van der Waals surface area contributed by atoms with E-state index in [1.807, 2.05) is 45.1 Å². The Hall–Kier alpha value is -2.92. The summed E-state index contributed by atoms with van der Waals surface area (Å²) in [4.78, 5) is 48.7. The number of carbonyl (C=O) groups is 4. The van der Waals surface area contributed by atoms with Gasteiger partial charge in [-0.25, -0.2) is 4.79 Å². The molecule has 266 valence electrons. The number of carboxylic acid groups (broad SMARTS) is 1. The van der Waals surface area contributed by atoms with E-state index in [2.05, 4.69) is 15.9 Å². The molecule has 7 unspecified atom stereocenters. The van der Waals surface area contributed by atoms with Crippen molar-refractivity contribution in [3.05, 3.63) is 70.8 Å². The van der Waals surface area contributed by atoms with Crippen LogP contribution in [-0.2, 0) is 23.9 Å². The first kappa shape index (κ1) is 41.3. The Morgan fingerprint density at radius 2 is 1.52 bits per heavy atom. The van der Waals surface area contributed by atoms with Crippen molar-refractivity contribution < 1.29 is 44.3 Å². The van der Waals surface area contributed by atoms with Gasteiger partial charge in [0.25, 0.3) is 0 Å². The fraction of sp³-hybridized carbons (Fsp3) is 0.579. The Kier molecular flexibility index (Phi) is 18.8. The van der Waals surface area contributed by atoms with Crippen molar-refractivity contribution in [1.29, 1.82) is 0 Å². The number of halogens is 1. The van der Waals surface area contributed by atoms with Crippen molar-refractivity contribution in [1.82, 2.24) is 0 Å². The van der Waals surface area contributed by atoms with Crippen molar-refractivity contribution in [2.45, 2.75) is 116 Å². The molecule has 0 heterocycles. The number of carboxylic acids is 1. The molecule has 0 saturated heterocycles. The summed E-state index contributed by atoms with van der Waals surface area (Å²) in [5.74, 6) is -3.02. The minimum Gasteiger partial charge on any atom is -0.481 e. The molecule has 0 spiro atoms. The largest absolute Gasteiger partial charge is 0.481 e. The number of ether oxygens (including phenoxy) is 1. The number of hydrogen-bond acceptors (Lipinski definition) is 8. The molecule has 2 fully saturated rings. The Labute approximate surface area is 293 Å². The molecule has 7 atom stereocenters. The standard InChI is InChI=1S/C38H53BrO9/c1-4-6-13-28(40)23-29(41)24-34(43)31(22-26-16-17-26)37(45)30(5-2)32(39)14-9-7-11-25(3)12-8-10-15-36(44)48-35-21-19-27(38(46)47)18-20-33(35)42/h6-15,26-27,29-31,33,35,37,41-42,45H,4-5,16-24H2,1-3H3,(H,46,47)/b9-7+,12-8+,13-6+,15-10+,25-11+,32-14-. The summed E-state index contributed by atoms with van der Waals surface area (Å²) in [5, 5.41) is 41.2. The summed E-state index contributed by atoms with van der Waals surface area (Å²) >= 11 is 3.60. The molecule has 4 N–H and O–H groups in total. The molecule has 0 radical (unpaired) electrons. The van der Waals surface area contributed by atoms with Crippen LogP contribution < -0.4 is 0 Å². The molecule has 10 heteroatoms. The molecule has 2 saturated carbocycles. The lowest BCUT2D eigenvalue weighted by Crippen LogP contribution is -2.36. The van der Waals surface area contributed by atoms with E-state index in [0.717, 1.165) is 22.9 Å². The molecule has 0 amide bonds. The van der Waals surface area contributed by atoms with E-state index >= 15 is 0 Å². The molecule has 2 aliphatic carbocycles. The van der Waals surface area contributed by atoms with Crippen LogP contribution in [0, 0.1) is 23.7 Å². The highest BCUT2D eigenvalue weighted by Crippen LogP contribution is 2.40. The minimum atomic E-state index is -1.08. The maximum atomic E-state index is 13.3. The van der Waals surface area contributed by atoms with Gasteiger partial charge >= 0.3 is 11.9 Å². The van der Waals surface area contributed by atoms with Gasteiger partial charge in [0.1, 0.15) is 11.9 Å². The number of carbonyl (C=O) groups excluding carboxylic acids is 3. The summed E-state index contributed by atoms with van der Waals surface area (Å²) in [6.45, 7) is 5.75. The molecule has 2 rings (SSSR count).